The van der Waals surface area contributed by atoms with Gasteiger partial charge in [-0.15, -0.1) is 0 Å². The molecular weight excluding hydrogens is 234 g/mol. The highest BCUT2D eigenvalue weighted by Gasteiger charge is 2.12. The minimum Gasteiger partial charge on any atom is -0.377 e. The van der Waals surface area contributed by atoms with E-state index in [1.54, 1.807) is 6.07 Å². The summed E-state index contributed by atoms with van der Waals surface area (Å²) in [4.78, 5) is 6.27. The summed E-state index contributed by atoms with van der Waals surface area (Å²) in [5, 5.41) is 10.6. The lowest BCUT2D eigenvalue weighted by atomic mass is 10.1. The lowest BCUT2D eigenvalue weighted by Crippen LogP contribution is -2.10. The van der Waals surface area contributed by atoms with Gasteiger partial charge in [-0.05, 0) is 24.6 Å². The van der Waals surface area contributed by atoms with E-state index in [9.17, 15) is 0 Å². The third kappa shape index (κ3) is 1.92. The number of halogens is 1. The van der Waals surface area contributed by atoms with Gasteiger partial charge in [0.05, 0.1) is 16.2 Å². The van der Waals surface area contributed by atoms with Gasteiger partial charge < -0.3 is 4.90 Å². The maximum atomic E-state index is 9.00. The van der Waals surface area contributed by atoms with Crippen LogP contribution in [0.4, 0.5) is 5.69 Å². The molecule has 1 aromatic heterocycles. The van der Waals surface area contributed by atoms with E-state index in [2.05, 4.69) is 11.1 Å². The summed E-state index contributed by atoms with van der Waals surface area (Å²) >= 11 is 6.22. The first-order chi connectivity index (χ1) is 8.04. The molecule has 0 saturated heterocycles. The van der Waals surface area contributed by atoms with Gasteiger partial charge in [-0.2, -0.15) is 5.26 Å². The predicted molar refractivity (Wildman–Crippen MR) is 70.5 cm³/mol. The predicted octanol–water partition coefficient (Wildman–Crippen LogP) is 3.13. The van der Waals surface area contributed by atoms with Crippen LogP contribution in [0.25, 0.3) is 10.9 Å². The molecule has 0 aliphatic rings. The molecule has 0 spiro atoms. The van der Waals surface area contributed by atoms with E-state index >= 15 is 0 Å². The van der Waals surface area contributed by atoms with Crippen LogP contribution in [0.3, 0.4) is 0 Å². The van der Waals surface area contributed by atoms with Crippen molar-refractivity contribution in [3.8, 4) is 6.07 Å². The first-order valence-electron chi connectivity index (χ1n) is 5.22. The lowest BCUT2D eigenvalue weighted by Gasteiger charge is -2.17. The number of nitriles is 1. The molecule has 0 aliphatic heterocycles. The molecule has 86 valence electrons. The summed E-state index contributed by atoms with van der Waals surface area (Å²) in [5.41, 5.74) is 3.14. The number of pyridine rings is 1. The molecule has 1 heterocycles. The molecule has 0 radical (unpaired) electrons. The van der Waals surface area contributed by atoms with Gasteiger partial charge >= 0.3 is 0 Å². The molecule has 0 atom stereocenters. The molecule has 2 aromatic rings. The Morgan fingerprint density at radius 2 is 2.06 bits per heavy atom. The highest BCUT2D eigenvalue weighted by molar-refractivity contribution is 6.36. The Labute approximate surface area is 105 Å². The zero-order valence-corrected chi connectivity index (χ0v) is 10.7. The van der Waals surface area contributed by atoms with E-state index in [1.807, 2.05) is 38.1 Å². The van der Waals surface area contributed by atoms with Crippen LogP contribution < -0.4 is 4.90 Å². The van der Waals surface area contributed by atoms with E-state index in [0.717, 1.165) is 22.2 Å². The largest absolute Gasteiger partial charge is 0.377 e. The average molecular weight is 246 g/mol. The van der Waals surface area contributed by atoms with Crippen molar-refractivity contribution in [1.29, 1.82) is 5.26 Å². The second-order valence-electron chi connectivity index (χ2n) is 4.12. The van der Waals surface area contributed by atoms with E-state index in [1.165, 1.54) is 0 Å². The minimum atomic E-state index is 0.409. The number of hydrogen-bond donors (Lipinski definition) is 0. The quantitative estimate of drug-likeness (QED) is 0.775. The third-order valence-corrected chi connectivity index (χ3v) is 3.00. The minimum absolute atomic E-state index is 0.409. The first-order valence-corrected chi connectivity index (χ1v) is 5.59. The number of nitrogens with zero attached hydrogens (tertiary/aromatic N) is 3. The van der Waals surface area contributed by atoms with Crippen molar-refractivity contribution in [2.75, 3.05) is 19.0 Å². The van der Waals surface area contributed by atoms with Crippen LogP contribution in [0.5, 0.6) is 0 Å². The Bertz CT molecular complexity index is 627. The molecule has 0 aliphatic carbocycles. The highest BCUT2D eigenvalue weighted by Crippen LogP contribution is 2.33. The SMILES string of the molecule is Cc1ccc(Cl)c2c(N(C)C)cc(C#N)nc12. The van der Waals surface area contributed by atoms with Crippen LogP contribution in [0.1, 0.15) is 11.3 Å². The van der Waals surface area contributed by atoms with Crippen LogP contribution in [0, 0.1) is 18.3 Å². The lowest BCUT2D eigenvalue weighted by molar-refractivity contribution is 1.13. The monoisotopic (exact) mass is 245 g/mol. The van der Waals surface area contributed by atoms with Gasteiger partial charge in [-0.1, -0.05) is 17.7 Å². The second kappa shape index (κ2) is 4.23. The molecule has 0 unspecified atom stereocenters. The van der Waals surface area contributed by atoms with Crippen molar-refractivity contribution >= 4 is 28.2 Å². The molecule has 0 bridgehead atoms. The molecular formula is C13H12ClN3. The highest BCUT2D eigenvalue weighted by atomic mass is 35.5. The van der Waals surface area contributed by atoms with Crippen molar-refractivity contribution in [2.24, 2.45) is 0 Å². The van der Waals surface area contributed by atoms with Crippen LogP contribution in [0.2, 0.25) is 5.02 Å². The van der Waals surface area contributed by atoms with Gasteiger partial charge in [-0.3, -0.25) is 0 Å². The molecule has 4 heteroatoms. The second-order valence-corrected chi connectivity index (χ2v) is 4.53. The van der Waals surface area contributed by atoms with Gasteiger partial charge in [0.1, 0.15) is 11.8 Å². The van der Waals surface area contributed by atoms with E-state index in [0.29, 0.717) is 10.7 Å². The fourth-order valence-corrected chi connectivity index (χ4v) is 2.07. The zero-order chi connectivity index (χ0) is 12.6. The topological polar surface area (TPSA) is 39.9 Å². The smallest absolute Gasteiger partial charge is 0.143 e. The Morgan fingerprint density at radius 1 is 1.35 bits per heavy atom. The maximum absolute atomic E-state index is 9.00. The van der Waals surface area contributed by atoms with Crippen molar-refractivity contribution < 1.29 is 0 Å². The number of fused-ring (bicyclic) bond motifs is 1. The fourth-order valence-electron chi connectivity index (χ4n) is 1.82. The van der Waals surface area contributed by atoms with Crippen molar-refractivity contribution in [3.05, 3.63) is 34.5 Å². The molecule has 1 aromatic carbocycles. The third-order valence-electron chi connectivity index (χ3n) is 2.69. The molecule has 2 rings (SSSR count). The number of aryl methyl sites for hydroxylation is 1. The molecule has 0 saturated carbocycles. The number of benzene rings is 1. The Morgan fingerprint density at radius 3 is 2.65 bits per heavy atom. The summed E-state index contributed by atoms with van der Waals surface area (Å²) in [6.45, 7) is 1.96. The van der Waals surface area contributed by atoms with Crippen molar-refractivity contribution in [1.82, 2.24) is 4.98 Å². The molecule has 3 nitrogen and oxygen atoms in total. The Balaban J connectivity index is 2.97. The van der Waals surface area contributed by atoms with Crippen LogP contribution in [0.15, 0.2) is 18.2 Å². The molecule has 0 N–H and O–H groups in total. The normalized spacial score (nSPS) is 10.3. The molecule has 0 fully saturated rings. The van der Waals surface area contributed by atoms with Crippen molar-refractivity contribution in [3.63, 3.8) is 0 Å². The van der Waals surface area contributed by atoms with Gasteiger partial charge in [0.2, 0.25) is 0 Å². The summed E-state index contributed by atoms with van der Waals surface area (Å²) < 4.78 is 0. The van der Waals surface area contributed by atoms with Gasteiger partial charge in [0.25, 0.3) is 0 Å². The number of anilines is 1. The van der Waals surface area contributed by atoms with E-state index in [-0.39, 0.29) is 0 Å². The number of rotatable bonds is 1. The average Bonchev–Trinajstić information content (AvgIpc) is 2.32. The Kier molecular flexibility index (Phi) is 2.91. The fraction of sp³-hybridized carbons (Fsp3) is 0.231. The summed E-state index contributed by atoms with van der Waals surface area (Å²) in [5.74, 6) is 0. The van der Waals surface area contributed by atoms with E-state index < -0.39 is 0 Å². The van der Waals surface area contributed by atoms with Crippen molar-refractivity contribution in [2.45, 2.75) is 6.92 Å². The summed E-state index contributed by atoms with van der Waals surface area (Å²) in [6.07, 6.45) is 0. The summed E-state index contributed by atoms with van der Waals surface area (Å²) in [6, 6.07) is 7.61. The number of hydrogen-bond acceptors (Lipinski definition) is 3. The molecule has 0 amide bonds. The standard InChI is InChI=1S/C13H12ClN3/c1-8-4-5-10(14)12-11(17(2)3)6-9(7-15)16-13(8)12/h4-6H,1-3H3. The Hall–Kier alpha value is -1.79. The molecule has 17 heavy (non-hydrogen) atoms. The first kappa shape index (κ1) is 11.7. The van der Waals surface area contributed by atoms with Gasteiger partial charge in [-0.25, -0.2) is 4.98 Å². The van der Waals surface area contributed by atoms with Crippen LogP contribution in [-0.4, -0.2) is 19.1 Å². The zero-order valence-electron chi connectivity index (χ0n) is 9.95. The van der Waals surface area contributed by atoms with Gasteiger partial charge in [0.15, 0.2) is 0 Å². The summed E-state index contributed by atoms with van der Waals surface area (Å²) in [7, 11) is 3.85. The van der Waals surface area contributed by atoms with Crippen LogP contribution >= 0.6 is 11.6 Å². The maximum Gasteiger partial charge on any atom is 0.143 e. The number of aromatic nitrogens is 1. The van der Waals surface area contributed by atoms with Crippen LogP contribution in [-0.2, 0) is 0 Å². The van der Waals surface area contributed by atoms with E-state index in [4.69, 9.17) is 16.9 Å². The van der Waals surface area contributed by atoms with Gasteiger partial charge in [0, 0.05) is 19.5 Å².